The molecule has 0 spiro atoms. The lowest BCUT2D eigenvalue weighted by atomic mass is 10.3. The molecule has 1 aliphatic rings. The minimum atomic E-state index is -0.533. The maximum Gasteiger partial charge on any atom is 0.216 e. The standard InChI is InChI=1S/C5H9N3S/c1-2-3-5(9)6-4-7-8-5/h4,9H,2-3H2,1H3. The Morgan fingerprint density at radius 3 is 2.89 bits per heavy atom. The van der Waals surface area contributed by atoms with Gasteiger partial charge in [-0.05, 0) is 0 Å². The van der Waals surface area contributed by atoms with Crippen LogP contribution in [0.25, 0.3) is 0 Å². The highest BCUT2D eigenvalue weighted by Crippen LogP contribution is 2.27. The molecule has 0 fully saturated rings. The van der Waals surface area contributed by atoms with Crippen molar-refractivity contribution in [2.75, 3.05) is 0 Å². The Bertz CT molecular complexity index is 140. The zero-order valence-corrected chi connectivity index (χ0v) is 6.17. The molecule has 4 heteroatoms. The number of azo groups is 1. The van der Waals surface area contributed by atoms with Gasteiger partial charge < -0.3 is 0 Å². The molecular formula is C5H9N3S. The van der Waals surface area contributed by atoms with Crippen molar-refractivity contribution in [1.29, 1.82) is 0 Å². The summed E-state index contributed by atoms with van der Waals surface area (Å²) in [7, 11) is 0. The molecule has 0 aromatic rings. The summed E-state index contributed by atoms with van der Waals surface area (Å²) < 4.78 is 0. The predicted octanol–water partition coefficient (Wildman–Crippen LogP) is 1.86. The van der Waals surface area contributed by atoms with E-state index in [-0.39, 0.29) is 0 Å². The van der Waals surface area contributed by atoms with Crippen LogP contribution in [0.2, 0.25) is 0 Å². The zero-order chi connectivity index (χ0) is 6.74. The van der Waals surface area contributed by atoms with Crippen molar-refractivity contribution >= 4 is 19.0 Å². The van der Waals surface area contributed by atoms with Gasteiger partial charge in [0.15, 0.2) is 0 Å². The first-order valence-corrected chi connectivity index (χ1v) is 3.40. The normalized spacial score (nSPS) is 31.8. The van der Waals surface area contributed by atoms with Crippen LogP contribution in [0.4, 0.5) is 0 Å². The number of hydrogen-bond donors (Lipinski definition) is 1. The van der Waals surface area contributed by atoms with Crippen molar-refractivity contribution in [2.45, 2.75) is 24.8 Å². The Morgan fingerprint density at radius 2 is 2.44 bits per heavy atom. The van der Waals surface area contributed by atoms with Gasteiger partial charge in [-0.3, -0.25) is 0 Å². The molecule has 0 aromatic heterocycles. The molecule has 1 atom stereocenters. The summed E-state index contributed by atoms with van der Waals surface area (Å²) in [5.41, 5.74) is 0. The minimum Gasteiger partial charge on any atom is -0.230 e. The van der Waals surface area contributed by atoms with Crippen molar-refractivity contribution in [1.82, 2.24) is 0 Å². The Hall–Kier alpha value is -0.380. The van der Waals surface area contributed by atoms with Gasteiger partial charge in [-0.2, -0.15) is 0 Å². The highest BCUT2D eigenvalue weighted by atomic mass is 32.1. The third kappa shape index (κ3) is 1.51. The van der Waals surface area contributed by atoms with E-state index in [1.807, 2.05) is 0 Å². The summed E-state index contributed by atoms with van der Waals surface area (Å²) >= 11 is 4.20. The fourth-order valence-electron chi connectivity index (χ4n) is 0.712. The molecule has 0 saturated carbocycles. The molecule has 1 heterocycles. The average Bonchev–Trinajstić information content (AvgIpc) is 2.16. The van der Waals surface area contributed by atoms with Crippen molar-refractivity contribution < 1.29 is 0 Å². The van der Waals surface area contributed by atoms with E-state index < -0.39 is 4.99 Å². The van der Waals surface area contributed by atoms with Crippen LogP contribution in [0, 0.1) is 0 Å². The molecular weight excluding hydrogens is 134 g/mol. The van der Waals surface area contributed by atoms with Crippen LogP contribution < -0.4 is 0 Å². The lowest BCUT2D eigenvalue weighted by molar-refractivity contribution is 0.582. The highest BCUT2D eigenvalue weighted by Gasteiger charge is 2.23. The topological polar surface area (TPSA) is 37.1 Å². The van der Waals surface area contributed by atoms with E-state index in [2.05, 4.69) is 34.8 Å². The van der Waals surface area contributed by atoms with E-state index in [1.165, 1.54) is 6.34 Å². The van der Waals surface area contributed by atoms with Gasteiger partial charge in [-0.1, -0.05) is 13.3 Å². The molecule has 1 aliphatic heterocycles. The predicted molar refractivity (Wildman–Crippen MR) is 40.0 cm³/mol. The fourth-order valence-corrected chi connectivity index (χ4v) is 1.04. The van der Waals surface area contributed by atoms with Gasteiger partial charge in [0.2, 0.25) is 4.99 Å². The molecule has 1 rings (SSSR count). The van der Waals surface area contributed by atoms with Crippen LogP contribution in [0.5, 0.6) is 0 Å². The van der Waals surface area contributed by atoms with E-state index in [9.17, 15) is 0 Å². The second-order valence-corrected chi connectivity index (χ2v) is 2.70. The fraction of sp³-hybridized carbons (Fsp3) is 0.800. The summed E-state index contributed by atoms with van der Waals surface area (Å²) in [4.78, 5) is 3.43. The number of thiol groups is 1. The number of aliphatic imine (C=N–C) groups is 1. The first-order chi connectivity index (χ1) is 4.27. The summed E-state index contributed by atoms with van der Waals surface area (Å²) in [6.45, 7) is 2.07. The summed E-state index contributed by atoms with van der Waals surface area (Å²) in [5.74, 6) is 0. The number of rotatable bonds is 2. The van der Waals surface area contributed by atoms with E-state index >= 15 is 0 Å². The molecule has 0 bridgehead atoms. The van der Waals surface area contributed by atoms with Gasteiger partial charge in [0.25, 0.3) is 0 Å². The number of nitrogens with zero attached hydrogens (tertiary/aromatic N) is 3. The van der Waals surface area contributed by atoms with Crippen LogP contribution in [-0.4, -0.2) is 11.3 Å². The zero-order valence-electron chi connectivity index (χ0n) is 5.28. The second-order valence-electron chi connectivity index (χ2n) is 1.98. The smallest absolute Gasteiger partial charge is 0.216 e. The number of hydrogen-bond acceptors (Lipinski definition) is 4. The van der Waals surface area contributed by atoms with Gasteiger partial charge >= 0.3 is 0 Å². The molecule has 9 heavy (non-hydrogen) atoms. The Morgan fingerprint density at radius 1 is 1.67 bits per heavy atom. The largest absolute Gasteiger partial charge is 0.230 e. The second kappa shape index (κ2) is 2.47. The molecule has 0 saturated heterocycles. The Balaban J connectivity index is 2.53. The molecule has 0 amide bonds. The van der Waals surface area contributed by atoms with Crippen molar-refractivity contribution in [2.24, 2.45) is 15.2 Å². The highest BCUT2D eigenvalue weighted by molar-refractivity contribution is 7.81. The molecule has 3 nitrogen and oxygen atoms in total. The van der Waals surface area contributed by atoms with E-state index in [0.717, 1.165) is 12.8 Å². The van der Waals surface area contributed by atoms with E-state index in [0.29, 0.717) is 0 Å². The van der Waals surface area contributed by atoms with Crippen molar-refractivity contribution in [3.05, 3.63) is 0 Å². The van der Waals surface area contributed by atoms with Crippen LogP contribution in [0.1, 0.15) is 19.8 Å². The van der Waals surface area contributed by atoms with Gasteiger partial charge in [-0.25, -0.2) is 4.99 Å². The van der Waals surface area contributed by atoms with Gasteiger partial charge in [0.1, 0.15) is 6.34 Å². The third-order valence-corrected chi connectivity index (χ3v) is 1.55. The van der Waals surface area contributed by atoms with Crippen molar-refractivity contribution in [3.8, 4) is 0 Å². The van der Waals surface area contributed by atoms with E-state index in [1.54, 1.807) is 0 Å². The minimum absolute atomic E-state index is 0.533. The van der Waals surface area contributed by atoms with Gasteiger partial charge in [-0.15, -0.1) is 22.9 Å². The molecule has 50 valence electrons. The maximum atomic E-state index is 4.20. The third-order valence-electron chi connectivity index (χ3n) is 1.12. The lowest BCUT2D eigenvalue weighted by Gasteiger charge is -2.11. The van der Waals surface area contributed by atoms with Crippen LogP contribution in [-0.2, 0) is 0 Å². The molecule has 0 radical (unpaired) electrons. The maximum absolute atomic E-state index is 4.20. The van der Waals surface area contributed by atoms with Crippen LogP contribution in [0.15, 0.2) is 15.2 Å². The molecule has 0 aromatic carbocycles. The first kappa shape index (κ1) is 6.74. The molecule has 0 aliphatic carbocycles. The van der Waals surface area contributed by atoms with Gasteiger partial charge in [0.05, 0.1) is 0 Å². The Kier molecular flexibility index (Phi) is 1.85. The molecule has 0 N–H and O–H groups in total. The van der Waals surface area contributed by atoms with Crippen molar-refractivity contribution in [3.63, 3.8) is 0 Å². The Labute approximate surface area is 59.7 Å². The summed E-state index contributed by atoms with van der Waals surface area (Å²) in [6, 6.07) is 0. The average molecular weight is 143 g/mol. The van der Waals surface area contributed by atoms with Crippen LogP contribution in [0.3, 0.4) is 0 Å². The quantitative estimate of drug-likeness (QED) is 0.573. The van der Waals surface area contributed by atoms with E-state index in [4.69, 9.17) is 0 Å². The monoisotopic (exact) mass is 143 g/mol. The first-order valence-electron chi connectivity index (χ1n) is 2.95. The lowest BCUT2D eigenvalue weighted by Crippen LogP contribution is -2.10. The summed E-state index contributed by atoms with van der Waals surface area (Å²) in [5, 5.41) is 7.44. The van der Waals surface area contributed by atoms with Gasteiger partial charge in [0, 0.05) is 6.42 Å². The summed E-state index contributed by atoms with van der Waals surface area (Å²) in [6.07, 6.45) is 3.33. The van der Waals surface area contributed by atoms with Crippen LogP contribution >= 0.6 is 12.6 Å². The molecule has 1 unspecified atom stereocenters. The SMILES string of the molecule is CCCC1(S)N=CN=N1.